The topological polar surface area (TPSA) is 61.5 Å². The zero-order chi connectivity index (χ0) is 7.90. The van der Waals surface area contributed by atoms with Gasteiger partial charge in [-0.2, -0.15) is 0 Å². The largest absolute Gasteiger partial charge is 0.460 e. The molecule has 1 unspecified atom stereocenters. The molecule has 2 aliphatic rings. The molecule has 62 valence electrons. The van der Waals surface area contributed by atoms with E-state index in [-0.39, 0.29) is 17.5 Å². The van der Waals surface area contributed by atoms with E-state index in [2.05, 4.69) is 0 Å². The number of cyclic esters (lactones) is 1. The lowest BCUT2D eigenvalue weighted by Gasteiger charge is -2.39. The molecular weight excluding hydrogens is 146 g/mol. The molecule has 2 aliphatic heterocycles. The number of rotatable bonds is 1. The van der Waals surface area contributed by atoms with E-state index < -0.39 is 0 Å². The molecule has 0 aliphatic carbocycles. The van der Waals surface area contributed by atoms with Gasteiger partial charge in [-0.3, -0.25) is 4.79 Å². The third-order valence-electron chi connectivity index (χ3n) is 2.45. The van der Waals surface area contributed by atoms with Gasteiger partial charge in [-0.15, -0.1) is 0 Å². The van der Waals surface area contributed by atoms with Crippen molar-refractivity contribution in [3.8, 4) is 0 Å². The van der Waals surface area contributed by atoms with E-state index >= 15 is 0 Å². The molecule has 0 aromatic rings. The molecule has 0 saturated carbocycles. The van der Waals surface area contributed by atoms with Crippen LogP contribution in [0.15, 0.2) is 0 Å². The molecule has 0 radical (unpaired) electrons. The fraction of sp³-hybridized carbons (Fsp3) is 0.857. The Balaban J connectivity index is 2.13. The highest BCUT2D eigenvalue weighted by Crippen LogP contribution is 2.41. The summed E-state index contributed by atoms with van der Waals surface area (Å²) in [6.45, 7) is 1.66. The smallest absolute Gasteiger partial charge is 0.307 e. The fourth-order valence-electron chi connectivity index (χ4n) is 1.68. The van der Waals surface area contributed by atoms with E-state index in [0.717, 1.165) is 0 Å². The van der Waals surface area contributed by atoms with Crippen molar-refractivity contribution in [2.24, 2.45) is 11.1 Å². The SMILES string of the molecule is NCC1OC(=O)CC12COC2. The molecule has 4 heteroatoms. The van der Waals surface area contributed by atoms with Crippen molar-refractivity contribution in [3.05, 3.63) is 0 Å². The lowest BCUT2D eigenvalue weighted by atomic mass is 9.79. The number of nitrogens with two attached hydrogens (primary N) is 1. The summed E-state index contributed by atoms with van der Waals surface area (Å²) < 4.78 is 10.1. The summed E-state index contributed by atoms with van der Waals surface area (Å²) >= 11 is 0. The van der Waals surface area contributed by atoms with Gasteiger partial charge in [0, 0.05) is 6.54 Å². The average molecular weight is 157 g/mol. The Morgan fingerprint density at radius 2 is 2.36 bits per heavy atom. The second-order valence-electron chi connectivity index (χ2n) is 3.25. The van der Waals surface area contributed by atoms with Crippen molar-refractivity contribution in [2.45, 2.75) is 12.5 Å². The quantitative estimate of drug-likeness (QED) is 0.510. The van der Waals surface area contributed by atoms with Crippen molar-refractivity contribution in [1.29, 1.82) is 0 Å². The number of hydrogen-bond acceptors (Lipinski definition) is 4. The van der Waals surface area contributed by atoms with Crippen LogP contribution in [0.1, 0.15) is 6.42 Å². The van der Waals surface area contributed by atoms with Gasteiger partial charge in [-0.1, -0.05) is 0 Å². The Bertz CT molecular complexity index is 188. The summed E-state index contributed by atoms with van der Waals surface area (Å²) in [5.74, 6) is -0.135. The molecule has 0 aromatic heterocycles. The Morgan fingerprint density at radius 1 is 1.64 bits per heavy atom. The monoisotopic (exact) mass is 157 g/mol. The molecule has 4 nitrogen and oxygen atoms in total. The first kappa shape index (κ1) is 7.06. The van der Waals surface area contributed by atoms with E-state index in [9.17, 15) is 4.79 Å². The van der Waals surface area contributed by atoms with Crippen molar-refractivity contribution < 1.29 is 14.3 Å². The number of carbonyl (C=O) groups is 1. The van der Waals surface area contributed by atoms with Gasteiger partial charge in [0.05, 0.1) is 25.0 Å². The van der Waals surface area contributed by atoms with Crippen molar-refractivity contribution in [3.63, 3.8) is 0 Å². The third kappa shape index (κ3) is 0.862. The normalized spacial score (nSPS) is 33.5. The van der Waals surface area contributed by atoms with Crippen LogP contribution in [0.3, 0.4) is 0 Å². The number of esters is 1. The van der Waals surface area contributed by atoms with Crippen LogP contribution < -0.4 is 5.73 Å². The zero-order valence-corrected chi connectivity index (χ0v) is 6.21. The second kappa shape index (κ2) is 2.19. The average Bonchev–Trinajstić information content (AvgIpc) is 2.25. The molecule has 2 heterocycles. The lowest BCUT2D eigenvalue weighted by molar-refractivity contribution is -0.149. The van der Waals surface area contributed by atoms with E-state index in [1.165, 1.54) is 0 Å². The summed E-state index contributed by atoms with van der Waals surface area (Å²) in [5, 5.41) is 0. The van der Waals surface area contributed by atoms with Crippen LogP contribution in [0.25, 0.3) is 0 Å². The molecule has 2 fully saturated rings. The van der Waals surface area contributed by atoms with Gasteiger partial charge in [0.15, 0.2) is 0 Å². The molecule has 1 spiro atoms. The first-order valence-electron chi connectivity index (χ1n) is 3.74. The van der Waals surface area contributed by atoms with Crippen molar-refractivity contribution >= 4 is 5.97 Å². The molecular formula is C7H11NO3. The number of hydrogen-bond donors (Lipinski definition) is 1. The first-order valence-corrected chi connectivity index (χ1v) is 3.74. The van der Waals surface area contributed by atoms with E-state index in [0.29, 0.717) is 26.2 Å². The Hall–Kier alpha value is -0.610. The highest BCUT2D eigenvalue weighted by atomic mass is 16.6. The maximum absolute atomic E-state index is 10.9. The Morgan fingerprint density at radius 3 is 2.73 bits per heavy atom. The first-order chi connectivity index (χ1) is 5.27. The lowest BCUT2D eigenvalue weighted by Crippen LogP contribution is -2.51. The molecule has 0 aromatic carbocycles. The summed E-state index contributed by atoms with van der Waals surface area (Å²) in [5.41, 5.74) is 5.38. The van der Waals surface area contributed by atoms with Gasteiger partial charge in [0.2, 0.25) is 0 Å². The highest BCUT2D eigenvalue weighted by molar-refractivity contribution is 5.73. The zero-order valence-electron chi connectivity index (χ0n) is 6.21. The minimum atomic E-state index is -0.135. The van der Waals surface area contributed by atoms with Crippen molar-refractivity contribution in [2.75, 3.05) is 19.8 Å². The molecule has 2 N–H and O–H groups in total. The van der Waals surface area contributed by atoms with Gasteiger partial charge >= 0.3 is 5.97 Å². The Labute approximate surface area is 64.6 Å². The van der Waals surface area contributed by atoms with Crippen LogP contribution in [0.5, 0.6) is 0 Å². The predicted molar refractivity (Wildman–Crippen MR) is 36.8 cm³/mol. The van der Waals surface area contributed by atoms with E-state index in [4.69, 9.17) is 15.2 Å². The third-order valence-corrected chi connectivity index (χ3v) is 2.45. The summed E-state index contributed by atoms with van der Waals surface area (Å²) in [4.78, 5) is 10.9. The minimum Gasteiger partial charge on any atom is -0.460 e. The van der Waals surface area contributed by atoms with Crippen LogP contribution in [0.2, 0.25) is 0 Å². The van der Waals surface area contributed by atoms with Gasteiger partial charge in [-0.05, 0) is 0 Å². The van der Waals surface area contributed by atoms with Crippen LogP contribution in [0.4, 0.5) is 0 Å². The van der Waals surface area contributed by atoms with Crippen LogP contribution in [-0.4, -0.2) is 31.8 Å². The van der Waals surface area contributed by atoms with Crippen LogP contribution in [0, 0.1) is 5.41 Å². The van der Waals surface area contributed by atoms with Gasteiger partial charge in [0.25, 0.3) is 0 Å². The fourth-order valence-corrected chi connectivity index (χ4v) is 1.68. The maximum atomic E-state index is 10.9. The summed E-state index contributed by atoms with van der Waals surface area (Å²) in [6.07, 6.45) is 0.373. The second-order valence-corrected chi connectivity index (χ2v) is 3.25. The van der Waals surface area contributed by atoms with E-state index in [1.54, 1.807) is 0 Å². The Kier molecular flexibility index (Phi) is 1.40. The molecule has 2 saturated heterocycles. The molecule has 11 heavy (non-hydrogen) atoms. The maximum Gasteiger partial charge on any atom is 0.307 e. The highest BCUT2D eigenvalue weighted by Gasteiger charge is 2.53. The number of carbonyl (C=O) groups excluding carboxylic acids is 1. The summed E-state index contributed by atoms with van der Waals surface area (Å²) in [7, 11) is 0. The van der Waals surface area contributed by atoms with E-state index in [1.807, 2.05) is 0 Å². The molecule has 0 amide bonds. The predicted octanol–water partition coefficient (Wildman–Crippen LogP) is -0.723. The van der Waals surface area contributed by atoms with Gasteiger partial charge < -0.3 is 15.2 Å². The molecule has 2 rings (SSSR count). The van der Waals surface area contributed by atoms with Gasteiger partial charge in [0.1, 0.15) is 6.10 Å². The van der Waals surface area contributed by atoms with Gasteiger partial charge in [-0.25, -0.2) is 0 Å². The van der Waals surface area contributed by atoms with Crippen molar-refractivity contribution in [1.82, 2.24) is 0 Å². The molecule has 0 bridgehead atoms. The standard InChI is InChI=1S/C7H11NO3/c8-2-5-7(3-10-4-7)1-6(9)11-5/h5H,1-4,8H2. The van der Waals surface area contributed by atoms with Crippen LogP contribution in [-0.2, 0) is 14.3 Å². The summed E-state index contributed by atoms with van der Waals surface area (Å²) in [6, 6.07) is 0. The minimum absolute atomic E-state index is 0.0637. The number of ether oxygens (including phenoxy) is 2. The van der Waals surface area contributed by atoms with Crippen LogP contribution >= 0.6 is 0 Å². The molecule has 1 atom stereocenters.